The third-order valence-corrected chi connectivity index (χ3v) is 3.99. The van der Waals surface area contributed by atoms with Gasteiger partial charge in [-0.05, 0) is 36.2 Å². The molecule has 0 aliphatic carbocycles. The van der Waals surface area contributed by atoms with Crippen molar-refractivity contribution < 1.29 is 28.9 Å². The van der Waals surface area contributed by atoms with Crippen LogP contribution in [0.25, 0.3) is 4.85 Å². The number of rotatable bonds is 6. The van der Waals surface area contributed by atoms with E-state index in [0.717, 1.165) is 0 Å². The van der Waals surface area contributed by atoms with Gasteiger partial charge in [-0.25, -0.2) is 4.85 Å². The fourth-order valence-corrected chi connectivity index (χ4v) is 2.60. The Morgan fingerprint density at radius 2 is 1.96 bits per heavy atom. The third-order valence-electron chi connectivity index (χ3n) is 3.52. The summed E-state index contributed by atoms with van der Waals surface area (Å²) in [4.78, 5) is 21.1. The quantitative estimate of drug-likeness (QED) is 0.499. The summed E-state index contributed by atoms with van der Waals surface area (Å²) in [6, 6.07) is 8.95. The molecule has 8 nitrogen and oxygen atoms in total. The second-order valence-electron chi connectivity index (χ2n) is 5.96. The molecule has 9 heteroatoms. The summed E-state index contributed by atoms with van der Waals surface area (Å²) in [5.74, 6) is 0.456. The van der Waals surface area contributed by atoms with Gasteiger partial charge in [-0.1, -0.05) is 13.8 Å². The summed E-state index contributed by atoms with van der Waals surface area (Å²) in [6.07, 6.45) is -0.870. The Morgan fingerprint density at radius 1 is 1.26 bits per heavy atom. The second kappa shape index (κ2) is 8.11. The van der Waals surface area contributed by atoms with Crippen LogP contribution in [0.2, 0.25) is 0 Å². The SMILES string of the molecule is [C-]#[N+]c1cc(OCP(=O)(O)O)cc(C#N)c1Oc1ccc(O)c(C(C)C)c1. The maximum absolute atomic E-state index is 10.9. The molecule has 0 unspecified atom stereocenters. The maximum Gasteiger partial charge on any atom is 0.362 e. The minimum Gasteiger partial charge on any atom is -0.508 e. The molecule has 27 heavy (non-hydrogen) atoms. The summed E-state index contributed by atoms with van der Waals surface area (Å²) < 4.78 is 21.6. The van der Waals surface area contributed by atoms with Crippen molar-refractivity contribution in [1.29, 1.82) is 5.26 Å². The van der Waals surface area contributed by atoms with Crippen molar-refractivity contribution in [3.63, 3.8) is 0 Å². The number of nitrogens with zero attached hydrogens (tertiary/aromatic N) is 2. The molecule has 3 N–H and O–H groups in total. The Morgan fingerprint density at radius 3 is 2.52 bits per heavy atom. The number of benzene rings is 2. The molecule has 0 amide bonds. The molecule has 0 saturated heterocycles. The lowest BCUT2D eigenvalue weighted by atomic mass is 10.0. The van der Waals surface area contributed by atoms with Gasteiger partial charge in [0.2, 0.25) is 5.69 Å². The van der Waals surface area contributed by atoms with Crippen LogP contribution in [0.4, 0.5) is 5.69 Å². The van der Waals surface area contributed by atoms with E-state index >= 15 is 0 Å². The number of hydrogen-bond donors (Lipinski definition) is 3. The lowest BCUT2D eigenvalue weighted by Crippen LogP contribution is -1.99. The molecule has 2 aromatic carbocycles. The first-order valence-electron chi connectivity index (χ1n) is 7.78. The van der Waals surface area contributed by atoms with Gasteiger partial charge in [-0.3, -0.25) is 4.57 Å². The normalized spacial score (nSPS) is 10.9. The van der Waals surface area contributed by atoms with Gasteiger partial charge >= 0.3 is 7.60 Å². The van der Waals surface area contributed by atoms with Gasteiger partial charge in [0.15, 0.2) is 12.1 Å². The van der Waals surface area contributed by atoms with Gasteiger partial charge in [-0.2, -0.15) is 5.26 Å². The highest BCUT2D eigenvalue weighted by Crippen LogP contribution is 2.41. The standard InChI is InChI=1S/C18H17N2O6P/c1-11(2)15-7-13(4-5-17(15)21)26-18-12(9-19)6-14(8-16(18)20-3)25-10-27(22,23)24/h4-8,11,21H,10H2,1-2H3,(H2,22,23,24). The monoisotopic (exact) mass is 388 g/mol. The molecule has 0 spiro atoms. The molecule has 0 radical (unpaired) electrons. The molecule has 2 rings (SSSR count). The molecule has 0 aliphatic rings. The summed E-state index contributed by atoms with van der Waals surface area (Å²) in [7, 11) is -4.40. The van der Waals surface area contributed by atoms with Crippen molar-refractivity contribution in [2.24, 2.45) is 0 Å². The number of aromatic hydroxyl groups is 1. The topological polar surface area (TPSA) is 124 Å². The highest BCUT2D eigenvalue weighted by atomic mass is 31.2. The number of hydrogen-bond acceptors (Lipinski definition) is 5. The minimum atomic E-state index is -4.40. The first kappa shape index (κ1) is 20.3. The average Bonchev–Trinajstić information content (AvgIpc) is 2.61. The summed E-state index contributed by atoms with van der Waals surface area (Å²) >= 11 is 0. The number of phenols is 1. The molecule has 140 valence electrons. The zero-order valence-electron chi connectivity index (χ0n) is 14.6. The molecular formula is C18H17N2O6P. The second-order valence-corrected chi connectivity index (χ2v) is 7.55. The number of phenolic OH excluding ortho intramolecular Hbond substituents is 1. The highest BCUT2D eigenvalue weighted by Gasteiger charge is 2.18. The summed E-state index contributed by atoms with van der Waals surface area (Å²) in [6.45, 7) is 11.1. The minimum absolute atomic E-state index is 0.00331. The van der Waals surface area contributed by atoms with Crippen molar-refractivity contribution in [2.45, 2.75) is 19.8 Å². The van der Waals surface area contributed by atoms with Crippen molar-refractivity contribution in [1.82, 2.24) is 0 Å². The predicted molar refractivity (Wildman–Crippen MR) is 97.2 cm³/mol. The molecule has 2 aromatic rings. The zero-order chi connectivity index (χ0) is 20.2. The molecule has 0 heterocycles. The van der Waals surface area contributed by atoms with E-state index in [9.17, 15) is 14.9 Å². The van der Waals surface area contributed by atoms with Gasteiger partial charge in [0, 0.05) is 5.56 Å². The number of nitriles is 1. The van der Waals surface area contributed by atoms with Gasteiger partial charge in [0.05, 0.1) is 12.1 Å². The van der Waals surface area contributed by atoms with Crippen LogP contribution in [0.1, 0.15) is 30.9 Å². The molecule has 0 bridgehead atoms. The van der Waals surface area contributed by atoms with E-state index in [2.05, 4.69) is 4.85 Å². The Hall–Kier alpha value is -3.03. The molecular weight excluding hydrogens is 371 g/mol. The fourth-order valence-electron chi connectivity index (χ4n) is 2.28. The molecule has 0 atom stereocenters. The van der Waals surface area contributed by atoms with Crippen LogP contribution in [0.3, 0.4) is 0 Å². The average molecular weight is 388 g/mol. The van der Waals surface area contributed by atoms with E-state index in [0.29, 0.717) is 11.3 Å². The van der Waals surface area contributed by atoms with Crippen LogP contribution in [0.15, 0.2) is 30.3 Å². The van der Waals surface area contributed by atoms with E-state index < -0.39 is 13.9 Å². The van der Waals surface area contributed by atoms with Crippen molar-refractivity contribution >= 4 is 13.3 Å². The van der Waals surface area contributed by atoms with Gasteiger partial charge in [0.25, 0.3) is 0 Å². The molecule has 0 saturated carbocycles. The predicted octanol–water partition coefficient (Wildman–Crippen LogP) is 4.24. The highest BCUT2D eigenvalue weighted by molar-refractivity contribution is 7.51. The van der Waals surface area contributed by atoms with E-state index in [1.54, 1.807) is 6.07 Å². The fraction of sp³-hybridized carbons (Fsp3) is 0.222. The van der Waals surface area contributed by atoms with E-state index in [1.165, 1.54) is 24.3 Å². The van der Waals surface area contributed by atoms with Crippen LogP contribution in [-0.4, -0.2) is 21.2 Å². The maximum atomic E-state index is 10.9. The van der Waals surface area contributed by atoms with E-state index in [4.69, 9.17) is 25.8 Å². The molecule has 0 aliphatic heterocycles. The Kier molecular flexibility index (Phi) is 6.09. The van der Waals surface area contributed by atoms with E-state index in [1.807, 2.05) is 19.9 Å². The lowest BCUT2D eigenvalue weighted by molar-refractivity contribution is 0.300. The smallest absolute Gasteiger partial charge is 0.362 e. The van der Waals surface area contributed by atoms with E-state index in [-0.39, 0.29) is 34.4 Å². The summed E-state index contributed by atoms with van der Waals surface area (Å²) in [5.41, 5.74) is 0.578. The zero-order valence-corrected chi connectivity index (χ0v) is 15.5. The van der Waals surface area contributed by atoms with Crippen LogP contribution >= 0.6 is 7.60 Å². The third kappa shape index (κ3) is 5.22. The lowest BCUT2D eigenvalue weighted by Gasteiger charge is -2.15. The van der Waals surface area contributed by atoms with Gasteiger partial charge in [0.1, 0.15) is 23.3 Å². The van der Waals surface area contributed by atoms with Gasteiger partial charge < -0.3 is 24.4 Å². The van der Waals surface area contributed by atoms with Crippen LogP contribution in [0.5, 0.6) is 23.0 Å². The van der Waals surface area contributed by atoms with Crippen molar-refractivity contribution in [3.05, 3.63) is 52.9 Å². The first-order valence-corrected chi connectivity index (χ1v) is 9.58. The first-order chi connectivity index (χ1) is 12.6. The van der Waals surface area contributed by atoms with Crippen LogP contribution < -0.4 is 9.47 Å². The van der Waals surface area contributed by atoms with Crippen molar-refractivity contribution in [3.8, 4) is 29.1 Å². The van der Waals surface area contributed by atoms with Crippen molar-refractivity contribution in [2.75, 3.05) is 6.35 Å². The summed E-state index contributed by atoms with van der Waals surface area (Å²) in [5, 5.41) is 19.3. The van der Waals surface area contributed by atoms with Crippen LogP contribution in [0, 0.1) is 17.9 Å². The largest absolute Gasteiger partial charge is 0.508 e. The van der Waals surface area contributed by atoms with Gasteiger partial charge in [-0.15, -0.1) is 0 Å². The Bertz CT molecular complexity index is 949. The Labute approximate surface area is 156 Å². The van der Waals surface area contributed by atoms with Crippen LogP contribution in [-0.2, 0) is 4.57 Å². The Balaban J connectivity index is 2.42. The number of ether oxygens (including phenoxy) is 2. The molecule has 0 fully saturated rings. The molecule has 0 aromatic heterocycles.